The van der Waals surface area contributed by atoms with Crippen LogP contribution in [0, 0.1) is 0 Å². The maximum atomic E-state index is 3.49. The molecule has 1 N–H and O–H groups in total. The number of hydrogen-bond acceptors (Lipinski definition) is 3. The Bertz CT molecular complexity index is 198. The van der Waals surface area contributed by atoms with Crippen molar-refractivity contribution in [2.75, 3.05) is 39.8 Å². The first kappa shape index (κ1) is 15.9. The number of likely N-dealkylation sites (tertiary alicyclic amines) is 1. The van der Waals surface area contributed by atoms with Gasteiger partial charge in [-0.15, -0.1) is 0 Å². The van der Waals surface area contributed by atoms with E-state index in [9.17, 15) is 0 Å². The first-order chi connectivity index (χ1) is 8.63. The third-order valence-electron chi connectivity index (χ3n) is 4.12. The fourth-order valence-corrected chi connectivity index (χ4v) is 2.74. The van der Waals surface area contributed by atoms with E-state index in [1.165, 1.54) is 58.4 Å². The molecule has 0 unspecified atom stereocenters. The molecule has 1 rings (SSSR count). The molecule has 0 spiro atoms. The predicted molar refractivity (Wildman–Crippen MR) is 80.1 cm³/mol. The van der Waals surface area contributed by atoms with Crippen LogP contribution in [0.3, 0.4) is 0 Å². The van der Waals surface area contributed by atoms with Crippen molar-refractivity contribution >= 4 is 0 Å². The molecule has 18 heavy (non-hydrogen) atoms. The van der Waals surface area contributed by atoms with Gasteiger partial charge in [0.2, 0.25) is 0 Å². The zero-order chi connectivity index (χ0) is 13.4. The smallest absolute Gasteiger partial charge is 0.0117 e. The Morgan fingerprint density at radius 2 is 1.89 bits per heavy atom. The SMILES string of the molecule is CCN1CCC(N(C)CCCCNC(C)C)CC1. The lowest BCUT2D eigenvalue weighted by Gasteiger charge is -2.36. The Hall–Kier alpha value is -0.120. The van der Waals surface area contributed by atoms with Crippen LogP contribution in [0.15, 0.2) is 0 Å². The molecule has 3 nitrogen and oxygen atoms in total. The maximum absolute atomic E-state index is 3.49. The lowest BCUT2D eigenvalue weighted by molar-refractivity contribution is 0.130. The Balaban J connectivity index is 2.04. The third kappa shape index (κ3) is 6.17. The molecule has 0 saturated carbocycles. The molecule has 0 radical (unpaired) electrons. The molecular weight excluding hydrogens is 222 g/mol. The molecule has 0 aromatic carbocycles. The van der Waals surface area contributed by atoms with Crippen molar-refractivity contribution in [2.45, 2.75) is 58.5 Å². The van der Waals surface area contributed by atoms with E-state index in [0.29, 0.717) is 6.04 Å². The number of piperidine rings is 1. The summed E-state index contributed by atoms with van der Waals surface area (Å²) in [4.78, 5) is 5.15. The second-order valence-electron chi connectivity index (χ2n) is 5.96. The standard InChI is InChI=1S/C15H33N3/c1-5-18-12-8-15(9-13-18)17(4)11-7-6-10-16-14(2)3/h14-16H,5-13H2,1-4H3. The van der Waals surface area contributed by atoms with Gasteiger partial charge in [-0.25, -0.2) is 0 Å². The number of hydrogen-bond donors (Lipinski definition) is 1. The molecule has 1 aliphatic rings. The molecule has 3 heteroatoms. The van der Waals surface area contributed by atoms with Crippen LogP contribution >= 0.6 is 0 Å². The Morgan fingerprint density at radius 3 is 2.44 bits per heavy atom. The molecule has 108 valence electrons. The van der Waals surface area contributed by atoms with Gasteiger partial charge in [-0.1, -0.05) is 20.8 Å². The molecule has 0 bridgehead atoms. The van der Waals surface area contributed by atoms with Crippen LogP contribution < -0.4 is 5.32 Å². The van der Waals surface area contributed by atoms with Crippen LogP contribution in [0.4, 0.5) is 0 Å². The number of nitrogens with zero attached hydrogens (tertiary/aromatic N) is 2. The molecule has 1 saturated heterocycles. The van der Waals surface area contributed by atoms with Gasteiger partial charge in [0.05, 0.1) is 0 Å². The van der Waals surface area contributed by atoms with E-state index in [2.05, 4.69) is 42.9 Å². The first-order valence-electron chi connectivity index (χ1n) is 7.79. The highest BCUT2D eigenvalue weighted by molar-refractivity contribution is 4.77. The van der Waals surface area contributed by atoms with Crippen LogP contribution in [0.2, 0.25) is 0 Å². The summed E-state index contributed by atoms with van der Waals surface area (Å²) in [6.45, 7) is 12.9. The minimum atomic E-state index is 0.626. The van der Waals surface area contributed by atoms with Crippen LogP contribution in [0.1, 0.15) is 46.5 Å². The quantitative estimate of drug-likeness (QED) is 0.671. The van der Waals surface area contributed by atoms with Crippen molar-refractivity contribution in [3.05, 3.63) is 0 Å². The Kier molecular flexibility index (Phi) is 7.87. The highest BCUT2D eigenvalue weighted by atomic mass is 15.2. The molecule has 1 fully saturated rings. The lowest BCUT2D eigenvalue weighted by atomic mass is 10.0. The summed E-state index contributed by atoms with van der Waals surface area (Å²) in [6.07, 6.45) is 5.34. The molecule has 1 aliphatic heterocycles. The van der Waals surface area contributed by atoms with Gasteiger partial charge in [-0.05, 0) is 65.5 Å². The number of rotatable bonds is 8. The van der Waals surface area contributed by atoms with Crippen LogP contribution in [0.25, 0.3) is 0 Å². The minimum Gasteiger partial charge on any atom is -0.315 e. The first-order valence-corrected chi connectivity index (χ1v) is 7.79. The molecular formula is C15H33N3. The largest absolute Gasteiger partial charge is 0.315 e. The van der Waals surface area contributed by atoms with E-state index in [1.807, 2.05) is 0 Å². The average molecular weight is 255 g/mol. The molecule has 0 aliphatic carbocycles. The van der Waals surface area contributed by atoms with Gasteiger partial charge in [0.25, 0.3) is 0 Å². The fraction of sp³-hybridized carbons (Fsp3) is 1.00. The monoisotopic (exact) mass is 255 g/mol. The normalized spacial score (nSPS) is 19.0. The molecule has 0 atom stereocenters. The average Bonchev–Trinajstić information content (AvgIpc) is 2.38. The van der Waals surface area contributed by atoms with E-state index in [4.69, 9.17) is 0 Å². The number of unbranched alkanes of at least 4 members (excludes halogenated alkanes) is 1. The van der Waals surface area contributed by atoms with Crippen molar-refractivity contribution in [3.63, 3.8) is 0 Å². The highest BCUT2D eigenvalue weighted by Gasteiger charge is 2.20. The van der Waals surface area contributed by atoms with E-state index in [0.717, 1.165) is 6.04 Å². The van der Waals surface area contributed by atoms with Crippen molar-refractivity contribution < 1.29 is 0 Å². The van der Waals surface area contributed by atoms with E-state index >= 15 is 0 Å². The van der Waals surface area contributed by atoms with Gasteiger partial charge in [0, 0.05) is 12.1 Å². The van der Waals surface area contributed by atoms with Gasteiger partial charge < -0.3 is 15.1 Å². The number of nitrogens with one attached hydrogen (secondary N) is 1. The molecule has 0 aromatic rings. The van der Waals surface area contributed by atoms with Gasteiger partial charge >= 0.3 is 0 Å². The van der Waals surface area contributed by atoms with Crippen LogP contribution in [-0.4, -0.2) is 61.7 Å². The van der Waals surface area contributed by atoms with Crippen molar-refractivity contribution in [2.24, 2.45) is 0 Å². The Morgan fingerprint density at radius 1 is 1.22 bits per heavy atom. The van der Waals surface area contributed by atoms with Crippen LogP contribution in [0.5, 0.6) is 0 Å². The second kappa shape index (κ2) is 8.89. The van der Waals surface area contributed by atoms with Crippen molar-refractivity contribution in [1.82, 2.24) is 15.1 Å². The predicted octanol–water partition coefficient (Wildman–Crippen LogP) is 2.18. The summed E-state index contributed by atoms with van der Waals surface area (Å²) in [5.74, 6) is 0. The zero-order valence-corrected chi connectivity index (χ0v) is 12.9. The molecule has 0 amide bonds. The second-order valence-corrected chi connectivity index (χ2v) is 5.96. The Labute approximate surface area is 114 Å². The zero-order valence-electron chi connectivity index (χ0n) is 12.9. The summed E-state index contributed by atoms with van der Waals surface area (Å²) >= 11 is 0. The summed E-state index contributed by atoms with van der Waals surface area (Å²) in [6, 6.07) is 1.45. The van der Waals surface area contributed by atoms with E-state index in [-0.39, 0.29) is 0 Å². The van der Waals surface area contributed by atoms with Crippen molar-refractivity contribution in [1.29, 1.82) is 0 Å². The van der Waals surface area contributed by atoms with Crippen LogP contribution in [-0.2, 0) is 0 Å². The summed E-state index contributed by atoms with van der Waals surface area (Å²) in [5, 5.41) is 3.49. The summed E-state index contributed by atoms with van der Waals surface area (Å²) in [5.41, 5.74) is 0. The maximum Gasteiger partial charge on any atom is 0.0117 e. The van der Waals surface area contributed by atoms with Gasteiger partial charge in [-0.2, -0.15) is 0 Å². The summed E-state index contributed by atoms with van der Waals surface area (Å²) < 4.78 is 0. The highest BCUT2D eigenvalue weighted by Crippen LogP contribution is 2.15. The van der Waals surface area contributed by atoms with E-state index in [1.54, 1.807) is 0 Å². The summed E-state index contributed by atoms with van der Waals surface area (Å²) in [7, 11) is 2.31. The minimum absolute atomic E-state index is 0.626. The lowest BCUT2D eigenvalue weighted by Crippen LogP contribution is -2.43. The fourth-order valence-electron chi connectivity index (χ4n) is 2.74. The topological polar surface area (TPSA) is 18.5 Å². The third-order valence-corrected chi connectivity index (χ3v) is 4.12. The molecule has 0 aromatic heterocycles. The molecule has 1 heterocycles. The van der Waals surface area contributed by atoms with Crippen molar-refractivity contribution in [3.8, 4) is 0 Å². The van der Waals surface area contributed by atoms with E-state index < -0.39 is 0 Å². The van der Waals surface area contributed by atoms with Gasteiger partial charge in [-0.3, -0.25) is 0 Å². The van der Waals surface area contributed by atoms with Gasteiger partial charge in [0.15, 0.2) is 0 Å². The van der Waals surface area contributed by atoms with Gasteiger partial charge in [0.1, 0.15) is 0 Å².